The van der Waals surface area contributed by atoms with Crippen molar-refractivity contribution in [1.29, 1.82) is 0 Å². The molecular weight excluding hydrogens is 272 g/mol. The van der Waals surface area contributed by atoms with Gasteiger partial charge in [-0.05, 0) is 68.2 Å². The molecule has 4 heterocycles. The molecule has 1 unspecified atom stereocenters. The van der Waals surface area contributed by atoms with Gasteiger partial charge in [-0.2, -0.15) is 0 Å². The van der Waals surface area contributed by atoms with E-state index in [1.165, 1.54) is 0 Å². The van der Waals surface area contributed by atoms with Crippen molar-refractivity contribution in [2.24, 2.45) is 5.89 Å². The normalized spacial score (nSPS) is 55.3. The Morgan fingerprint density at radius 3 is 3.23 bits per heavy atom. The standard InChI is InChI=1S/C19H24N2O/c22-19-16-6-2-4-14-3-1-5-15(18(14)16)11-21(19)17-12-20-9-7-13(17)8-10-20/h2,4,6,13,15,17H,1,3,5,7-12H2/t15-,17-/m1/s1/i7D2,9D2,12D2,13D,17D/t13-,15+,17+/m0. The van der Waals surface area contributed by atoms with E-state index in [9.17, 15) is 6.17 Å². The van der Waals surface area contributed by atoms with Crippen LogP contribution in [0.25, 0.3) is 0 Å². The lowest BCUT2D eigenvalue weighted by Gasteiger charge is -2.51. The highest BCUT2D eigenvalue weighted by molar-refractivity contribution is 5.97. The summed E-state index contributed by atoms with van der Waals surface area (Å²) in [5.41, 5.74) is 2.42. The largest absolute Gasteiger partial charge is 0.333 e. The van der Waals surface area contributed by atoms with Crippen LogP contribution in [0.3, 0.4) is 0 Å². The highest BCUT2D eigenvalue weighted by atomic mass is 16.2. The van der Waals surface area contributed by atoms with Crippen molar-refractivity contribution in [3.05, 3.63) is 34.9 Å². The van der Waals surface area contributed by atoms with Gasteiger partial charge in [-0.25, -0.2) is 0 Å². The van der Waals surface area contributed by atoms with Crippen molar-refractivity contribution in [3.63, 3.8) is 0 Å². The van der Waals surface area contributed by atoms with Gasteiger partial charge in [-0.15, -0.1) is 0 Å². The maximum absolute atomic E-state index is 13.6. The molecule has 22 heavy (non-hydrogen) atoms. The van der Waals surface area contributed by atoms with Gasteiger partial charge in [-0.3, -0.25) is 4.79 Å². The topological polar surface area (TPSA) is 23.6 Å². The number of amides is 1. The first-order valence-electron chi connectivity index (χ1n) is 12.0. The van der Waals surface area contributed by atoms with Gasteiger partial charge in [0.05, 0.1) is 1.37 Å². The van der Waals surface area contributed by atoms with Gasteiger partial charge in [0, 0.05) is 40.1 Å². The Bertz CT molecular complexity index is 952. The molecule has 0 saturated carbocycles. The molecule has 3 saturated heterocycles. The average molecular weight is 304 g/mol. The zero-order valence-electron chi connectivity index (χ0n) is 20.4. The SMILES string of the molecule is [2H]C1([2H])N2CC[C@]([2H])(C1([2H])[2H])[C@]([2H])(N1C[C@H]3CCCc4cccc(c43)C1=O)C2([2H])[2H]. The third-order valence-electron chi connectivity index (χ3n) is 5.21. The molecule has 0 N–H and O–H groups in total. The summed E-state index contributed by atoms with van der Waals surface area (Å²) in [4.78, 5) is 15.3. The molecule has 4 atom stereocenters. The van der Waals surface area contributed by atoms with E-state index < -0.39 is 37.2 Å². The van der Waals surface area contributed by atoms with Gasteiger partial charge in [0.15, 0.2) is 0 Å². The second-order valence-corrected chi connectivity index (χ2v) is 6.46. The number of benzene rings is 1. The summed E-state index contributed by atoms with van der Waals surface area (Å²) in [6, 6.07) is 2.82. The molecule has 116 valence electrons. The fourth-order valence-corrected chi connectivity index (χ4v) is 4.16. The van der Waals surface area contributed by atoms with Crippen LogP contribution in [0.5, 0.6) is 0 Å². The van der Waals surface area contributed by atoms with Crippen LogP contribution in [-0.2, 0) is 6.42 Å². The lowest BCUT2D eigenvalue weighted by molar-refractivity contribution is 0.00258. The Morgan fingerprint density at radius 1 is 1.32 bits per heavy atom. The summed E-state index contributed by atoms with van der Waals surface area (Å²) in [6.45, 7) is -5.65. The van der Waals surface area contributed by atoms with E-state index in [0.717, 1.165) is 35.3 Å². The van der Waals surface area contributed by atoms with Crippen molar-refractivity contribution < 1.29 is 15.8 Å². The van der Waals surface area contributed by atoms with E-state index in [4.69, 9.17) is 9.60 Å². The van der Waals surface area contributed by atoms with Crippen molar-refractivity contribution >= 4 is 5.91 Å². The Kier molecular flexibility index (Phi) is 1.64. The van der Waals surface area contributed by atoms with Crippen molar-refractivity contribution in [2.75, 3.05) is 26.1 Å². The first kappa shape index (κ1) is 7.48. The van der Waals surface area contributed by atoms with Crippen LogP contribution in [0.4, 0.5) is 0 Å². The fraction of sp³-hybridized carbons (Fsp3) is 0.632. The molecule has 5 aliphatic rings. The minimum absolute atomic E-state index is 0.0411. The van der Waals surface area contributed by atoms with E-state index in [0.29, 0.717) is 10.5 Å². The van der Waals surface area contributed by atoms with E-state index in [1.54, 1.807) is 12.1 Å². The van der Waals surface area contributed by atoms with Gasteiger partial charge < -0.3 is 9.80 Å². The summed E-state index contributed by atoms with van der Waals surface area (Å²) in [7, 11) is 0. The van der Waals surface area contributed by atoms with E-state index in [1.807, 2.05) is 6.07 Å². The van der Waals surface area contributed by atoms with Crippen LogP contribution < -0.4 is 0 Å². The molecule has 1 aromatic rings. The summed E-state index contributed by atoms with van der Waals surface area (Å²) < 4.78 is 69.0. The Hall–Kier alpha value is -1.35. The molecule has 1 amide bonds. The molecule has 0 radical (unpaired) electrons. The second kappa shape index (κ2) is 4.82. The van der Waals surface area contributed by atoms with Gasteiger partial charge >= 0.3 is 0 Å². The summed E-state index contributed by atoms with van der Waals surface area (Å²) >= 11 is 0. The first-order chi connectivity index (χ1) is 13.8. The number of rotatable bonds is 1. The highest BCUT2D eigenvalue weighted by Gasteiger charge is 2.43. The van der Waals surface area contributed by atoms with Gasteiger partial charge in [-0.1, -0.05) is 12.1 Å². The van der Waals surface area contributed by atoms with Crippen LogP contribution in [0, 0.1) is 5.89 Å². The monoisotopic (exact) mass is 304 g/mol. The third kappa shape index (κ3) is 1.81. The van der Waals surface area contributed by atoms with Crippen LogP contribution >= 0.6 is 0 Å². The summed E-state index contributed by atoms with van der Waals surface area (Å²) in [5, 5.41) is 0. The van der Waals surface area contributed by atoms with Crippen molar-refractivity contribution in [2.45, 2.75) is 44.0 Å². The number of nitrogens with zero attached hydrogens (tertiary/aromatic N) is 2. The third-order valence-corrected chi connectivity index (χ3v) is 5.21. The van der Waals surface area contributed by atoms with Crippen molar-refractivity contribution in [1.82, 2.24) is 9.80 Å². The number of carbonyl (C=O) groups excluding carboxylic acids is 1. The minimum Gasteiger partial charge on any atom is -0.333 e. The maximum Gasteiger partial charge on any atom is 0.254 e. The van der Waals surface area contributed by atoms with Crippen LogP contribution in [0.2, 0.25) is 0 Å². The first-order valence-corrected chi connectivity index (χ1v) is 8.04. The van der Waals surface area contributed by atoms with Gasteiger partial charge in [0.25, 0.3) is 5.91 Å². The number of carbonyl (C=O) groups is 1. The Labute approximate surface area is 143 Å². The lowest BCUT2D eigenvalue weighted by atomic mass is 9.75. The molecular formula is C19H24N2O. The Balaban J connectivity index is 1.71. The quantitative estimate of drug-likeness (QED) is 0.796. The molecule has 1 aromatic carbocycles. The number of aryl methyl sites for hydroxylation is 1. The number of hydrogen-bond donors (Lipinski definition) is 0. The summed E-state index contributed by atoms with van der Waals surface area (Å²) in [6.07, 6.45) is -0.541. The van der Waals surface area contributed by atoms with Crippen molar-refractivity contribution in [3.8, 4) is 0 Å². The minimum atomic E-state index is -2.85. The molecule has 3 fully saturated rings. The highest BCUT2D eigenvalue weighted by Crippen LogP contribution is 2.41. The number of piperidine rings is 3. The smallest absolute Gasteiger partial charge is 0.254 e. The predicted octanol–water partition coefficient (Wildman–Crippen LogP) is 2.66. The van der Waals surface area contributed by atoms with Gasteiger partial charge in [0.2, 0.25) is 0 Å². The number of fused-ring (bicyclic) bond motifs is 3. The zero-order valence-corrected chi connectivity index (χ0v) is 12.4. The van der Waals surface area contributed by atoms with E-state index >= 15 is 0 Å². The van der Waals surface area contributed by atoms with Crippen LogP contribution in [-0.4, -0.2) is 47.8 Å². The van der Waals surface area contributed by atoms with E-state index in [2.05, 4.69) is 0 Å². The average Bonchev–Trinajstić information content (AvgIpc) is 2.67. The fourth-order valence-electron chi connectivity index (χ4n) is 4.16. The molecule has 0 aromatic heterocycles. The molecule has 2 bridgehead atoms. The molecule has 1 aliphatic carbocycles. The molecule has 6 rings (SSSR count). The molecule has 3 heteroatoms. The van der Waals surface area contributed by atoms with Crippen LogP contribution in [0.1, 0.15) is 64.0 Å². The van der Waals surface area contributed by atoms with E-state index in [-0.39, 0.29) is 25.4 Å². The summed E-state index contributed by atoms with van der Waals surface area (Å²) in [5.74, 6) is -3.13. The maximum atomic E-state index is 13.6. The zero-order chi connectivity index (χ0) is 21.9. The van der Waals surface area contributed by atoms with Crippen LogP contribution in [0.15, 0.2) is 18.2 Å². The lowest BCUT2D eigenvalue weighted by Crippen LogP contribution is -2.60. The molecule has 3 nitrogen and oxygen atoms in total. The molecule has 4 aliphatic heterocycles. The predicted molar refractivity (Wildman–Crippen MR) is 86.1 cm³/mol. The second-order valence-electron chi connectivity index (χ2n) is 6.46. The molecule has 0 spiro atoms. The van der Waals surface area contributed by atoms with Gasteiger partial charge in [0.1, 0.15) is 0 Å². The number of hydrogen-bond acceptors (Lipinski definition) is 2. The Morgan fingerprint density at radius 2 is 2.27 bits per heavy atom.